The van der Waals surface area contributed by atoms with Gasteiger partial charge in [0.25, 0.3) is 0 Å². The fourth-order valence-corrected chi connectivity index (χ4v) is 2.48. The maximum atomic E-state index is 12.1. The molecule has 0 saturated carbocycles. The highest BCUT2D eigenvalue weighted by Gasteiger charge is 2.19. The van der Waals surface area contributed by atoms with E-state index in [1.165, 1.54) is 0 Å². The number of benzene rings is 1. The van der Waals surface area contributed by atoms with Crippen molar-refractivity contribution in [1.29, 1.82) is 0 Å². The predicted molar refractivity (Wildman–Crippen MR) is 89.3 cm³/mol. The molecule has 0 radical (unpaired) electrons. The minimum atomic E-state index is 0.0485. The number of hydrogen-bond acceptors (Lipinski definition) is 2. The number of carbonyl (C=O) groups is 1. The van der Waals surface area contributed by atoms with Crippen molar-refractivity contribution in [1.82, 2.24) is 5.32 Å². The van der Waals surface area contributed by atoms with Crippen molar-refractivity contribution in [3.63, 3.8) is 0 Å². The second-order valence-electron chi connectivity index (χ2n) is 6.28. The predicted octanol–water partition coefficient (Wildman–Crippen LogP) is 4.06. The van der Waals surface area contributed by atoms with Crippen molar-refractivity contribution in [3.8, 4) is 0 Å². The van der Waals surface area contributed by atoms with Gasteiger partial charge in [-0.15, -0.1) is 0 Å². The van der Waals surface area contributed by atoms with Crippen LogP contribution in [-0.2, 0) is 4.79 Å². The summed E-state index contributed by atoms with van der Waals surface area (Å²) in [7, 11) is 0. The average Bonchev–Trinajstić information content (AvgIpc) is 2.44. The molecule has 0 saturated heterocycles. The van der Waals surface area contributed by atoms with Crippen molar-refractivity contribution < 1.29 is 4.79 Å². The van der Waals surface area contributed by atoms with E-state index in [2.05, 4.69) is 26.1 Å². The summed E-state index contributed by atoms with van der Waals surface area (Å²) in [5.41, 5.74) is 6.81. The van der Waals surface area contributed by atoms with Gasteiger partial charge in [-0.05, 0) is 48.9 Å². The van der Waals surface area contributed by atoms with Gasteiger partial charge in [0.05, 0.1) is 6.04 Å². The zero-order chi connectivity index (χ0) is 15.9. The fraction of sp³-hybridized carbons (Fsp3) is 0.588. The fourth-order valence-electron chi connectivity index (χ4n) is 2.35. The maximum Gasteiger partial charge on any atom is 0.220 e. The first-order valence-electron chi connectivity index (χ1n) is 7.63. The smallest absolute Gasteiger partial charge is 0.220 e. The van der Waals surface area contributed by atoms with Gasteiger partial charge in [-0.1, -0.05) is 44.5 Å². The van der Waals surface area contributed by atoms with E-state index in [1.54, 1.807) is 0 Å². The standard InChI is InChI=1S/C17H27ClN2O/c1-4-15(13-5-7-14(18)8-6-13)20-16(21)9-10-17(2,3)11-12-19/h5-8,15H,4,9-12,19H2,1-3H3,(H,20,21). The van der Waals surface area contributed by atoms with Gasteiger partial charge in [-0.25, -0.2) is 0 Å². The lowest BCUT2D eigenvalue weighted by molar-refractivity contribution is -0.122. The van der Waals surface area contributed by atoms with E-state index < -0.39 is 0 Å². The minimum Gasteiger partial charge on any atom is -0.349 e. The Bertz CT molecular complexity index is 443. The molecule has 0 fully saturated rings. The van der Waals surface area contributed by atoms with E-state index in [9.17, 15) is 4.79 Å². The third kappa shape index (κ3) is 6.49. The molecule has 1 amide bonds. The second-order valence-corrected chi connectivity index (χ2v) is 6.72. The Morgan fingerprint density at radius 3 is 2.43 bits per heavy atom. The van der Waals surface area contributed by atoms with Crippen molar-refractivity contribution in [3.05, 3.63) is 34.9 Å². The van der Waals surface area contributed by atoms with Crippen molar-refractivity contribution in [2.45, 2.75) is 52.5 Å². The summed E-state index contributed by atoms with van der Waals surface area (Å²) in [5, 5.41) is 3.82. The Morgan fingerprint density at radius 1 is 1.29 bits per heavy atom. The van der Waals surface area contributed by atoms with Crippen LogP contribution in [0.4, 0.5) is 0 Å². The molecule has 21 heavy (non-hydrogen) atoms. The molecular weight excluding hydrogens is 284 g/mol. The van der Waals surface area contributed by atoms with Crippen LogP contribution in [0.5, 0.6) is 0 Å². The SMILES string of the molecule is CCC(NC(=O)CCC(C)(C)CCN)c1ccc(Cl)cc1. The number of hydrogen-bond donors (Lipinski definition) is 2. The quantitative estimate of drug-likeness (QED) is 0.760. The molecule has 1 atom stereocenters. The highest BCUT2D eigenvalue weighted by molar-refractivity contribution is 6.30. The molecule has 0 spiro atoms. The van der Waals surface area contributed by atoms with Gasteiger partial charge in [0.15, 0.2) is 0 Å². The number of nitrogens with one attached hydrogen (secondary N) is 1. The first-order chi connectivity index (χ1) is 9.88. The Hall–Kier alpha value is -1.06. The maximum absolute atomic E-state index is 12.1. The van der Waals surface area contributed by atoms with Crippen molar-refractivity contribution in [2.75, 3.05) is 6.54 Å². The summed E-state index contributed by atoms with van der Waals surface area (Å²) in [5.74, 6) is 0.0990. The molecule has 3 nitrogen and oxygen atoms in total. The van der Waals surface area contributed by atoms with Crippen LogP contribution in [0.1, 0.15) is 58.1 Å². The summed E-state index contributed by atoms with van der Waals surface area (Å²) in [4.78, 5) is 12.1. The van der Waals surface area contributed by atoms with E-state index in [1.807, 2.05) is 24.3 Å². The van der Waals surface area contributed by atoms with Crippen LogP contribution in [0.2, 0.25) is 5.02 Å². The summed E-state index contributed by atoms with van der Waals surface area (Å²) in [6, 6.07) is 7.70. The van der Waals surface area contributed by atoms with Gasteiger partial charge in [0.1, 0.15) is 0 Å². The van der Waals surface area contributed by atoms with Crippen LogP contribution in [0, 0.1) is 5.41 Å². The number of nitrogens with two attached hydrogens (primary N) is 1. The molecule has 0 aromatic heterocycles. The molecule has 0 aliphatic carbocycles. The Labute approximate surface area is 133 Å². The van der Waals surface area contributed by atoms with Gasteiger partial charge in [-0.2, -0.15) is 0 Å². The molecule has 1 aromatic rings. The highest BCUT2D eigenvalue weighted by Crippen LogP contribution is 2.26. The monoisotopic (exact) mass is 310 g/mol. The zero-order valence-corrected chi connectivity index (χ0v) is 14.0. The lowest BCUT2D eigenvalue weighted by atomic mass is 9.84. The van der Waals surface area contributed by atoms with E-state index in [0.717, 1.165) is 24.8 Å². The Morgan fingerprint density at radius 2 is 1.90 bits per heavy atom. The third-order valence-electron chi connectivity index (χ3n) is 3.87. The highest BCUT2D eigenvalue weighted by atomic mass is 35.5. The minimum absolute atomic E-state index is 0.0485. The summed E-state index contributed by atoms with van der Waals surface area (Å²) >= 11 is 5.90. The topological polar surface area (TPSA) is 55.1 Å². The van der Waals surface area contributed by atoms with Gasteiger partial charge in [-0.3, -0.25) is 4.79 Å². The van der Waals surface area contributed by atoms with E-state index in [4.69, 9.17) is 17.3 Å². The number of rotatable bonds is 8. The Balaban J connectivity index is 2.53. The molecular formula is C17H27ClN2O. The molecule has 3 N–H and O–H groups in total. The van der Waals surface area contributed by atoms with Gasteiger partial charge >= 0.3 is 0 Å². The van der Waals surface area contributed by atoms with Crippen LogP contribution in [-0.4, -0.2) is 12.5 Å². The van der Waals surface area contributed by atoms with Crippen LogP contribution in [0.15, 0.2) is 24.3 Å². The summed E-state index contributed by atoms with van der Waals surface area (Å²) in [6.45, 7) is 7.04. The third-order valence-corrected chi connectivity index (χ3v) is 4.12. The van der Waals surface area contributed by atoms with Crippen molar-refractivity contribution >= 4 is 17.5 Å². The van der Waals surface area contributed by atoms with E-state index in [-0.39, 0.29) is 17.4 Å². The number of amides is 1. The lowest BCUT2D eigenvalue weighted by Gasteiger charge is -2.24. The largest absolute Gasteiger partial charge is 0.349 e. The van der Waals surface area contributed by atoms with Crippen LogP contribution >= 0.6 is 11.6 Å². The lowest BCUT2D eigenvalue weighted by Crippen LogP contribution is -2.29. The molecule has 0 aliphatic heterocycles. The van der Waals surface area contributed by atoms with Gasteiger partial charge in [0.2, 0.25) is 5.91 Å². The molecule has 4 heteroatoms. The van der Waals surface area contributed by atoms with Crippen LogP contribution in [0.25, 0.3) is 0 Å². The number of halogens is 1. The first-order valence-corrected chi connectivity index (χ1v) is 8.00. The average molecular weight is 311 g/mol. The molecule has 1 unspecified atom stereocenters. The summed E-state index contributed by atoms with van der Waals surface area (Å²) in [6.07, 6.45) is 3.19. The van der Waals surface area contributed by atoms with Crippen LogP contribution in [0.3, 0.4) is 0 Å². The summed E-state index contributed by atoms with van der Waals surface area (Å²) < 4.78 is 0. The van der Waals surface area contributed by atoms with Gasteiger partial charge < -0.3 is 11.1 Å². The molecule has 118 valence electrons. The zero-order valence-electron chi connectivity index (χ0n) is 13.3. The molecule has 0 bridgehead atoms. The molecule has 1 aromatic carbocycles. The Kier molecular flexibility index (Phi) is 7.20. The van der Waals surface area contributed by atoms with Crippen molar-refractivity contribution in [2.24, 2.45) is 11.1 Å². The second kappa shape index (κ2) is 8.40. The molecule has 0 heterocycles. The van der Waals surface area contributed by atoms with Gasteiger partial charge in [0, 0.05) is 11.4 Å². The first kappa shape index (κ1) is 18.0. The molecule has 0 aliphatic rings. The van der Waals surface area contributed by atoms with E-state index in [0.29, 0.717) is 18.0 Å². The normalized spacial score (nSPS) is 13.0. The number of carbonyl (C=O) groups excluding carboxylic acids is 1. The van der Waals surface area contributed by atoms with Crippen LogP contribution < -0.4 is 11.1 Å². The molecule has 1 rings (SSSR count). The van der Waals surface area contributed by atoms with E-state index >= 15 is 0 Å².